The van der Waals surface area contributed by atoms with Gasteiger partial charge in [-0.05, 0) is 37.3 Å². The highest BCUT2D eigenvalue weighted by Gasteiger charge is 2.19. The van der Waals surface area contributed by atoms with Crippen LogP contribution in [0.2, 0.25) is 14.4 Å². The van der Waals surface area contributed by atoms with Crippen molar-refractivity contribution in [2.24, 2.45) is 0 Å². The van der Waals surface area contributed by atoms with Gasteiger partial charge in [-0.3, -0.25) is 4.79 Å². The second-order valence-corrected chi connectivity index (χ2v) is 7.74. The highest BCUT2D eigenvalue weighted by molar-refractivity contribution is 8.00. The van der Waals surface area contributed by atoms with E-state index in [1.807, 2.05) is 6.92 Å². The van der Waals surface area contributed by atoms with Crippen LogP contribution in [0.3, 0.4) is 0 Å². The third-order valence-electron chi connectivity index (χ3n) is 2.38. The Morgan fingerprint density at radius 1 is 1.21 bits per heavy atom. The van der Waals surface area contributed by atoms with Crippen molar-refractivity contribution in [3.63, 3.8) is 0 Å². The van der Waals surface area contributed by atoms with Gasteiger partial charge in [0, 0.05) is 9.92 Å². The van der Waals surface area contributed by atoms with Crippen molar-refractivity contribution >= 4 is 63.7 Å². The van der Waals surface area contributed by atoms with Crippen LogP contribution < -0.4 is 0 Å². The Balaban J connectivity index is 2.14. The van der Waals surface area contributed by atoms with Crippen molar-refractivity contribution in [3.05, 3.63) is 49.6 Å². The molecule has 0 bridgehead atoms. The maximum absolute atomic E-state index is 12.2. The zero-order chi connectivity index (χ0) is 14.0. The minimum Gasteiger partial charge on any atom is -0.292 e. The molecule has 0 radical (unpaired) electrons. The molecule has 0 aliphatic carbocycles. The summed E-state index contributed by atoms with van der Waals surface area (Å²) in [5.41, 5.74) is 0. The molecular formula is C13H9Cl3OS2. The molecule has 1 unspecified atom stereocenters. The van der Waals surface area contributed by atoms with E-state index >= 15 is 0 Å². The Morgan fingerprint density at radius 3 is 2.58 bits per heavy atom. The smallest absolute Gasteiger partial charge is 0.185 e. The monoisotopic (exact) mass is 350 g/mol. The van der Waals surface area contributed by atoms with Gasteiger partial charge in [0.05, 0.1) is 19.5 Å². The molecule has 0 N–H and O–H groups in total. The molecule has 0 aliphatic heterocycles. The first kappa shape index (κ1) is 15.2. The van der Waals surface area contributed by atoms with Crippen molar-refractivity contribution in [1.29, 1.82) is 0 Å². The zero-order valence-electron chi connectivity index (χ0n) is 9.82. The van der Waals surface area contributed by atoms with E-state index in [-0.39, 0.29) is 11.0 Å². The topological polar surface area (TPSA) is 17.1 Å². The Kier molecular flexibility index (Phi) is 5.21. The fraction of sp³-hybridized carbons (Fsp3) is 0.154. The summed E-state index contributed by atoms with van der Waals surface area (Å²) in [7, 11) is 0. The standard InChI is InChI=1S/C13H9Cl3OS2/c1-7(13(17)10-4-5-12(16)19-10)18-11-6-8(14)2-3-9(11)15/h2-7H,1H3. The Hall–Kier alpha value is -0.190. The quantitative estimate of drug-likeness (QED) is 0.491. The first-order valence-electron chi connectivity index (χ1n) is 5.38. The van der Waals surface area contributed by atoms with Gasteiger partial charge in [0.1, 0.15) is 0 Å². The van der Waals surface area contributed by atoms with Crippen LogP contribution in [0.15, 0.2) is 35.2 Å². The number of rotatable bonds is 4. The summed E-state index contributed by atoms with van der Waals surface area (Å²) in [4.78, 5) is 13.7. The largest absolute Gasteiger partial charge is 0.292 e. The normalized spacial score (nSPS) is 12.4. The molecule has 19 heavy (non-hydrogen) atoms. The first-order chi connectivity index (χ1) is 8.97. The van der Waals surface area contributed by atoms with Crippen LogP contribution >= 0.6 is 57.9 Å². The van der Waals surface area contributed by atoms with Crippen LogP contribution in [-0.4, -0.2) is 11.0 Å². The summed E-state index contributed by atoms with van der Waals surface area (Å²) in [6.45, 7) is 1.85. The molecule has 0 spiro atoms. The van der Waals surface area contributed by atoms with Gasteiger partial charge in [-0.2, -0.15) is 0 Å². The predicted molar refractivity (Wildman–Crippen MR) is 85.4 cm³/mol. The lowest BCUT2D eigenvalue weighted by Crippen LogP contribution is -2.11. The lowest BCUT2D eigenvalue weighted by molar-refractivity contribution is 0.0998. The van der Waals surface area contributed by atoms with E-state index in [0.717, 1.165) is 4.90 Å². The maximum atomic E-state index is 12.2. The highest BCUT2D eigenvalue weighted by atomic mass is 35.5. The molecule has 6 heteroatoms. The lowest BCUT2D eigenvalue weighted by atomic mass is 10.2. The average Bonchev–Trinajstić information content (AvgIpc) is 2.79. The van der Waals surface area contributed by atoms with Crippen molar-refractivity contribution in [2.75, 3.05) is 0 Å². The van der Waals surface area contributed by atoms with Gasteiger partial charge < -0.3 is 0 Å². The maximum Gasteiger partial charge on any atom is 0.185 e. The van der Waals surface area contributed by atoms with Gasteiger partial charge in [0.25, 0.3) is 0 Å². The molecule has 0 saturated heterocycles. The number of hydrogen-bond donors (Lipinski definition) is 0. The van der Waals surface area contributed by atoms with Crippen molar-refractivity contribution < 1.29 is 4.79 Å². The minimum absolute atomic E-state index is 0.0398. The van der Waals surface area contributed by atoms with E-state index in [4.69, 9.17) is 34.8 Å². The van der Waals surface area contributed by atoms with Crippen molar-refractivity contribution in [1.82, 2.24) is 0 Å². The molecule has 2 aromatic rings. The molecular weight excluding hydrogens is 343 g/mol. The Morgan fingerprint density at radius 2 is 1.95 bits per heavy atom. The van der Waals surface area contributed by atoms with Crippen molar-refractivity contribution in [2.45, 2.75) is 17.1 Å². The third-order valence-corrected chi connectivity index (χ3v) is 5.46. The molecule has 1 atom stereocenters. The molecule has 0 amide bonds. The van der Waals surface area contributed by atoms with Crippen molar-refractivity contribution in [3.8, 4) is 0 Å². The van der Waals surface area contributed by atoms with Gasteiger partial charge in [0.2, 0.25) is 0 Å². The number of thioether (sulfide) groups is 1. The van der Waals surface area contributed by atoms with E-state index in [1.165, 1.54) is 23.1 Å². The molecule has 100 valence electrons. The number of benzene rings is 1. The highest BCUT2D eigenvalue weighted by Crippen LogP contribution is 2.34. The molecule has 1 aromatic carbocycles. The summed E-state index contributed by atoms with van der Waals surface area (Å²) in [5, 5.41) is 0.953. The molecule has 0 aliphatic rings. The van der Waals surface area contributed by atoms with Gasteiger partial charge >= 0.3 is 0 Å². The van der Waals surface area contributed by atoms with Crippen LogP contribution in [0.25, 0.3) is 0 Å². The number of thiophene rings is 1. The molecule has 0 fully saturated rings. The second-order valence-electron chi connectivity index (χ2n) is 3.80. The van der Waals surface area contributed by atoms with E-state index in [9.17, 15) is 4.79 Å². The van der Waals surface area contributed by atoms with E-state index < -0.39 is 0 Å². The van der Waals surface area contributed by atoms with Crippen LogP contribution in [0, 0.1) is 0 Å². The summed E-state index contributed by atoms with van der Waals surface area (Å²) in [6.07, 6.45) is 0. The molecule has 2 rings (SSSR count). The summed E-state index contributed by atoms with van der Waals surface area (Å²) < 4.78 is 0.612. The Labute approximate surface area is 134 Å². The van der Waals surface area contributed by atoms with Crippen LogP contribution in [0.1, 0.15) is 16.6 Å². The SMILES string of the molecule is CC(Sc1cc(Cl)ccc1Cl)C(=O)c1ccc(Cl)s1. The van der Waals surface area contributed by atoms with Gasteiger partial charge in [-0.15, -0.1) is 23.1 Å². The number of halogens is 3. The van der Waals surface area contributed by atoms with Gasteiger partial charge in [-0.25, -0.2) is 0 Å². The summed E-state index contributed by atoms with van der Waals surface area (Å²) in [6, 6.07) is 8.68. The first-order valence-corrected chi connectivity index (χ1v) is 8.21. The average molecular weight is 352 g/mol. The minimum atomic E-state index is -0.245. The summed E-state index contributed by atoms with van der Waals surface area (Å²) in [5.74, 6) is 0.0398. The zero-order valence-corrected chi connectivity index (χ0v) is 13.7. The van der Waals surface area contributed by atoms with E-state index in [0.29, 0.717) is 19.3 Å². The molecule has 1 nitrogen and oxygen atoms in total. The number of Topliss-reactive ketones (excluding diaryl/α,β-unsaturated/α-hetero) is 1. The Bertz CT molecular complexity index is 610. The van der Waals surface area contributed by atoms with Crippen LogP contribution in [0.4, 0.5) is 0 Å². The second kappa shape index (κ2) is 6.51. The fourth-order valence-corrected chi connectivity index (χ4v) is 4.08. The number of ketones is 1. The number of hydrogen-bond acceptors (Lipinski definition) is 3. The van der Waals surface area contributed by atoms with E-state index in [1.54, 1.807) is 30.3 Å². The molecule has 1 heterocycles. The molecule has 1 aromatic heterocycles. The van der Waals surface area contributed by atoms with Crippen LogP contribution in [-0.2, 0) is 0 Å². The predicted octanol–water partition coefficient (Wildman–Crippen LogP) is 6.07. The third kappa shape index (κ3) is 3.89. The molecule has 0 saturated carbocycles. The van der Waals surface area contributed by atoms with E-state index in [2.05, 4.69) is 0 Å². The van der Waals surface area contributed by atoms with Gasteiger partial charge in [0.15, 0.2) is 5.78 Å². The summed E-state index contributed by atoms with van der Waals surface area (Å²) >= 11 is 20.5. The number of carbonyl (C=O) groups is 1. The van der Waals surface area contributed by atoms with Gasteiger partial charge in [-0.1, -0.05) is 34.8 Å². The fourth-order valence-electron chi connectivity index (χ4n) is 1.46. The number of carbonyl (C=O) groups excluding carboxylic acids is 1. The van der Waals surface area contributed by atoms with Crippen LogP contribution in [0.5, 0.6) is 0 Å². The lowest BCUT2D eigenvalue weighted by Gasteiger charge is -2.10.